The molecule has 0 unspecified atom stereocenters. The van der Waals surface area contributed by atoms with Crippen LogP contribution < -0.4 is 9.47 Å². The van der Waals surface area contributed by atoms with E-state index in [-0.39, 0.29) is 18.1 Å². The Morgan fingerprint density at radius 3 is 2.33 bits per heavy atom. The van der Waals surface area contributed by atoms with Crippen molar-refractivity contribution in [2.75, 3.05) is 27.9 Å². The fourth-order valence-electron chi connectivity index (χ4n) is 1.99. The van der Waals surface area contributed by atoms with Crippen LogP contribution in [-0.4, -0.2) is 44.7 Å². The van der Waals surface area contributed by atoms with Gasteiger partial charge in [-0.15, -0.1) is 0 Å². The number of likely N-dealkylation sites (N-methyl/N-ethyl adjacent to an activating group) is 1. The minimum atomic E-state index is -0.607. The predicted octanol–water partition coefficient (Wildman–Crippen LogP) is 2.58. The van der Waals surface area contributed by atoms with Crippen LogP contribution in [0.3, 0.4) is 0 Å². The highest BCUT2D eigenvalue weighted by Gasteiger charge is 2.15. The summed E-state index contributed by atoms with van der Waals surface area (Å²) in [5.41, 5.74) is 1.30. The van der Waals surface area contributed by atoms with Gasteiger partial charge in [0.05, 0.1) is 19.8 Å². The number of rotatable bonds is 7. The number of methoxy groups -OCH3 is 2. The Hall–Kier alpha value is -2.54. The molecule has 0 atom stereocenters. The van der Waals surface area contributed by atoms with Gasteiger partial charge < -0.3 is 19.1 Å². The summed E-state index contributed by atoms with van der Waals surface area (Å²) >= 11 is 1.57. The Bertz CT molecular complexity index is 677. The molecule has 7 heteroatoms. The van der Waals surface area contributed by atoms with Crippen LogP contribution in [0.4, 0.5) is 0 Å². The molecule has 2 aromatic rings. The van der Waals surface area contributed by atoms with E-state index in [0.717, 1.165) is 5.56 Å². The highest BCUT2D eigenvalue weighted by Crippen LogP contribution is 2.23. The average Bonchev–Trinajstić information content (AvgIpc) is 3.11. The second kappa shape index (κ2) is 8.35. The van der Waals surface area contributed by atoms with E-state index >= 15 is 0 Å². The molecular weight excluding hydrogens is 330 g/mol. The van der Waals surface area contributed by atoms with E-state index in [0.29, 0.717) is 18.0 Å². The van der Waals surface area contributed by atoms with E-state index in [1.54, 1.807) is 24.5 Å². The van der Waals surface area contributed by atoms with Crippen molar-refractivity contribution in [1.82, 2.24) is 4.90 Å². The largest absolute Gasteiger partial charge is 0.497 e. The van der Waals surface area contributed by atoms with E-state index in [1.807, 2.05) is 16.8 Å². The zero-order chi connectivity index (χ0) is 17.5. The molecule has 0 saturated carbocycles. The number of amides is 1. The lowest BCUT2D eigenvalue weighted by atomic mass is 10.2. The maximum absolute atomic E-state index is 12.1. The van der Waals surface area contributed by atoms with Crippen molar-refractivity contribution in [2.45, 2.75) is 6.54 Å². The molecule has 128 valence electrons. The molecule has 2 rings (SSSR count). The molecule has 24 heavy (non-hydrogen) atoms. The van der Waals surface area contributed by atoms with Gasteiger partial charge in [-0.05, 0) is 34.5 Å². The molecule has 0 aliphatic rings. The molecule has 1 aromatic heterocycles. The lowest BCUT2D eigenvalue weighted by Gasteiger charge is -2.16. The minimum Gasteiger partial charge on any atom is -0.497 e. The Morgan fingerprint density at radius 1 is 1.12 bits per heavy atom. The van der Waals surface area contributed by atoms with Gasteiger partial charge in [-0.1, -0.05) is 0 Å². The maximum Gasteiger partial charge on any atom is 0.338 e. The van der Waals surface area contributed by atoms with Crippen molar-refractivity contribution in [3.05, 3.63) is 46.2 Å². The molecule has 0 radical (unpaired) electrons. The van der Waals surface area contributed by atoms with Crippen molar-refractivity contribution in [1.29, 1.82) is 0 Å². The minimum absolute atomic E-state index is 0.263. The number of thiophene rings is 1. The number of carbonyl (C=O) groups excluding carboxylic acids is 2. The Morgan fingerprint density at radius 2 is 1.79 bits per heavy atom. The summed E-state index contributed by atoms with van der Waals surface area (Å²) in [6, 6.07) is 6.66. The van der Waals surface area contributed by atoms with Gasteiger partial charge in [0, 0.05) is 19.7 Å². The molecule has 0 fully saturated rings. The SMILES string of the molecule is COc1cc(OC)cc(C(=O)OCC(=O)N(C)Cc2ccsc2)c1. The van der Waals surface area contributed by atoms with Gasteiger partial charge >= 0.3 is 5.97 Å². The van der Waals surface area contributed by atoms with Crippen molar-refractivity contribution >= 4 is 23.2 Å². The number of nitrogens with zero attached hydrogens (tertiary/aromatic N) is 1. The number of ether oxygens (including phenoxy) is 3. The van der Waals surface area contributed by atoms with Crippen molar-refractivity contribution < 1.29 is 23.8 Å². The standard InChI is InChI=1S/C17H19NO5S/c1-18(9-12-4-5-24-11-12)16(19)10-23-17(20)13-6-14(21-2)8-15(7-13)22-3/h4-8,11H,9-10H2,1-3H3. The van der Waals surface area contributed by atoms with Gasteiger partial charge in [0.25, 0.3) is 5.91 Å². The molecule has 0 aliphatic carbocycles. The summed E-state index contributed by atoms with van der Waals surface area (Å²) in [5.74, 6) is 0.0679. The number of hydrogen-bond donors (Lipinski definition) is 0. The van der Waals surface area contributed by atoms with Gasteiger partial charge in [0.1, 0.15) is 11.5 Å². The van der Waals surface area contributed by atoms with Crippen LogP contribution in [0.25, 0.3) is 0 Å². The Labute approximate surface area is 144 Å². The van der Waals surface area contributed by atoms with Crippen molar-refractivity contribution in [3.8, 4) is 11.5 Å². The predicted molar refractivity (Wildman–Crippen MR) is 90.6 cm³/mol. The first kappa shape index (κ1) is 17.8. The fourth-order valence-corrected chi connectivity index (χ4v) is 2.65. The number of benzene rings is 1. The van der Waals surface area contributed by atoms with Gasteiger partial charge in [-0.25, -0.2) is 4.79 Å². The fraction of sp³-hybridized carbons (Fsp3) is 0.294. The molecular formula is C17H19NO5S. The van der Waals surface area contributed by atoms with E-state index in [1.165, 1.54) is 31.3 Å². The van der Waals surface area contributed by atoms with Crippen molar-refractivity contribution in [3.63, 3.8) is 0 Å². The molecule has 1 heterocycles. The first-order chi connectivity index (χ1) is 11.5. The normalized spacial score (nSPS) is 10.1. The lowest BCUT2D eigenvalue weighted by Crippen LogP contribution is -2.30. The number of hydrogen-bond acceptors (Lipinski definition) is 6. The topological polar surface area (TPSA) is 65.1 Å². The quantitative estimate of drug-likeness (QED) is 0.719. The molecule has 0 aliphatic heterocycles. The zero-order valence-electron chi connectivity index (χ0n) is 13.8. The van der Waals surface area contributed by atoms with Crippen LogP contribution in [0, 0.1) is 0 Å². The zero-order valence-corrected chi connectivity index (χ0v) is 14.6. The first-order valence-corrected chi connectivity index (χ1v) is 8.13. The van der Waals surface area contributed by atoms with Crippen LogP contribution in [-0.2, 0) is 16.1 Å². The van der Waals surface area contributed by atoms with E-state index in [2.05, 4.69) is 0 Å². The maximum atomic E-state index is 12.1. The summed E-state index contributed by atoms with van der Waals surface area (Å²) < 4.78 is 15.3. The second-order valence-electron chi connectivity index (χ2n) is 5.06. The number of carbonyl (C=O) groups is 2. The molecule has 0 N–H and O–H groups in total. The summed E-state index contributed by atoms with van der Waals surface area (Å²) in [7, 11) is 4.65. The van der Waals surface area contributed by atoms with Gasteiger partial charge in [-0.2, -0.15) is 11.3 Å². The molecule has 1 aromatic carbocycles. The van der Waals surface area contributed by atoms with E-state index < -0.39 is 5.97 Å². The van der Waals surface area contributed by atoms with Crippen LogP contribution in [0.1, 0.15) is 15.9 Å². The monoisotopic (exact) mass is 349 g/mol. The van der Waals surface area contributed by atoms with Crippen LogP contribution in [0.2, 0.25) is 0 Å². The Kier molecular flexibility index (Phi) is 6.20. The first-order valence-electron chi connectivity index (χ1n) is 7.18. The van der Waals surface area contributed by atoms with E-state index in [9.17, 15) is 9.59 Å². The average molecular weight is 349 g/mol. The third-order valence-electron chi connectivity index (χ3n) is 3.34. The summed E-state index contributed by atoms with van der Waals surface area (Å²) in [4.78, 5) is 25.7. The molecule has 0 spiro atoms. The molecule has 0 saturated heterocycles. The van der Waals surface area contributed by atoms with Crippen LogP contribution in [0.15, 0.2) is 35.0 Å². The lowest BCUT2D eigenvalue weighted by molar-refractivity contribution is -0.133. The summed E-state index contributed by atoms with van der Waals surface area (Å²) in [6.45, 7) is 0.159. The molecule has 6 nitrogen and oxygen atoms in total. The summed E-state index contributed by atoms with van der Waals surface area (Å²) in [6.07, 6.45) is 0. The van der Waals surface area contributed by atoms with Gasteiger partial charge in [0.15, 0.2) is 6.61 Å². The van der Waals surface area contributed by atoms with E-state index in [4.69, 9.17) is 14.2 Å². The van der Waals surface area contributed by atoms with Gasteiger partial charge in [0.2, 0.25) is 0 Å². The molecule has 0 bridgehead atoms. The summed E-state index contributed by atoms with van der Waals surface area (Å²) in [5, 5.41) is 3.92. The highest BCUT2D eigenvalue weighted by molar-refractivity contribution is 7.07. The van der Waals surface area contributed by atoms with Crippen LogP contribution in [0.5, 0.6) is 11.5 Å². The third-order valence-corrected chi connectivity index (χ3v) is 4.07. The Balaban J connectivity index is 1.93. The number of esters is 1. The van der Waals surface area contributed by atoms with Gasteiger partial charge in [-0.3, -0.25) is 4.79 Å². The molecule has 1 amide bonds. The second-order valence-corrected chi connectivity index (χ2v) is 5.84. The highest BCUT2D eigenvalue weighted by atomic mass is 32.1. The van der Waals surface area contributed by atoms with Crippen molar-refractivity contribution in [2.24, 2.45) is 0 Å². The smallest absolute Gasteiger partial charge is 0.338 e. The third kappa shape index (κ3) is 4.73. The van der Waals surface area contributed by atoms with Crippen LogP contribution >= 0.6 is 11.3 Å².